The van der Waals surface area contributed by atoms with E-state index in [-0.39, 0.29) is 23.3 Å². The van der Waals surface area contributed by atoms with E-state index in [1.165, 1.54) is 32.0 Å². The van der Waals surface area contributed by atoms with Gasteiger partial charge in [0, 0.05) is 24.9 Å². The molecule has 1 aliphatic carbocycles. The van der Waals surface area contributed by atoms with Gasteiger partial charge in [0.1, 0.15) is 11.4 Å². The van der Waals surface area contributed by atoms with Gasteiger partial charge in [-0.3, -0.25) is 9.59 Å². The van der Waals surface area contributed by atoms with Crippen LogP contribution in [0.4, 0.5) is 5.69 Å². The normalized spacial score (nSPS) is 14.7. The number of ether oxygens (including phenoxy) is 1. The Balaban J connectivity index is 1.70. The summed E-state index contributed by atoms with van der Waals surface area (Å²) < 4.78 is 7.06. The molecule has 1 aliphatic rings. The molecule has 6 nitrogen and oxygen atoms in total. The summed E-state index contributed by atoms with van der Waals surface area (Å²) >= 11 is 0. The Morgan fingerprint density at radius 3 is 2.78 bits per heavy atom. The van der Waals surface area contributed by atoms with Gasteiger partial charge in [-0.15, -0.1) is 0 Å². The molecular formula is C17H19N3O3. The fourth-order valence-electron chi connectivity index (χ4n) is 2.66. The Morgan fingerprint density at radius 2 is 2.04 bits per heavy atom. The fourth-order valence-corrected chi connectivity index (χ4v) is 2.66. The van der Waals surface area contributed by atoms with Gasteiger partial charge in [-0.25, -0.2) is 4.68 Å². The maximum Gasteiger partial charge on any atom is 0.276 e. The molecule has 1 aromatic heterocycles. The van der Waals surface area contributed by atoms with E-state index in [9.17, 15) is 9.59 Å². The molecule has 1 aromatic carbocycles. The molecular weight excluding hydrogens is 294 g/mol. The van der Waals surface area contributed by atoms with E-state index < -0.39 is 0 Å². The molecule has 6 heteroatoms. The van der Waals surface area contributed by atoms with Crippen LogP contribution in [-0.4, -0.2) is 21.8 Å². The van der Waals surface area contributed by atoms with Crippen molar-refractivity contribution in [2.24, 2.45) is 7.05 Å². The molecule has 0 bridgehead atoms. The number of anilines is 1. The second-order valence-corrected chi connectivity index (χ2v) is 5.69. The molecule has 120 valence electrons. The van der Waals surface area contributed by atoms with Gasteiger partial charge < -0.3 is 10.1 Å². The molecule has 1 fully saturated rings. The molecule has 0 radical (unpaired) electrons. The average Bonchev–Trinajstić information content (AvgIpc) is 3.03. The van der Waals surface area contributed by atoms with Crippen molar-refractivity contribution in [1.29, 1.82) is 0 Å². The van der Waals surface area contributed by atoms with Crippen molar-refractivity contribution >= 4 is 11.6 Å². The van der Waals surface area contributed by atoms with Gasteiger partial charge in [-0.2, -0.15) is 5.10 Å². The van der Waals surface area contributed by atoms with Crippen LogP contribution < -0.4 is 15.6 Å². The van der Waals surface area contributed by atoms with Gasteiger partial charge in [0.15, 0.2) is 0 Å². The first kappa shape index (κ1) is 15.3. The highest BCUT2D eigenvalue weighted by Gasteiger charge is 2.16. The van der Waals surface area contributed by atoms with Crippen molar-refractivity contribution in [1.82, 2.24) is 9.78 Å². The van der Waals surface area contributed by atoms with E-state index >= 15 is 0 Å². The quantitative estimate of drug-likeness (QED) is 0.940. The molecule has 0 unspecified atom stereocenters. The summed E-state index contributed by atoms with van der Waals surface area (Å²) in [5, 5.41) is 6.71. The van der Waals surface area contributed by atoms with Gasteiger partial charge in [0.2, 0.25) is 0 Å². The van der Waals surface area contributed by atoms with Crippen LogP contribution in [0.5, 0.6) is 5.75 Å². The Labute approximate surface area is 134 Å². The summed E-state index contributed by atoms with van der Waals surface area (Å²) in [5.74, 6) is 0.390. The maximum atomic E-state index is 12.2. The van der Waals surface area contributed by atoms with Crippen LogP contribution in [-0.2, 0) is 7.05 Å². The molecule has 0 spiro atoms. The number of hydrogen-bond acceptors (Lipinski definition) is 4. The highest BCUT2D eigenvalue weighted by molar-refractivity contribution is 6.02. The summed E-state index contributed by atoms with van der Waals surface area (Å²) in [6.45, 7) is 0. The number of carbonyl (C=O) groups is 1. The molecule has 1 N–H and O–H groups in total. The number of hydrogen-bond donors (Lipinski definition) is 1. The molecule has 2 aromatic rings. The van der Waals surface area contributed by atoms with Crippen LogP contribution in [0.2, 0.25) is 0 Å². The molecule has 1 heterocycles. The Kier molecular flexibility index (Phi) is 4.41. The van der Waals surface area contributed by atoms with Gasteiger partial charge >= 0.3 is 0 Å². The smallest absolute Gasteiger partial charge is 0.276 e. The van der Waals surface area contributed by atoms with Crippen molar-refractivity contribution in [2.75, 3.05) is 5.32 Å². The molecule has 3 rings (SSSR count). The highest BCUT2D eigenvalue weighted by Crippen LogP contribution is 2.25. The van der Waals surface area contributed by atoms with Crippen LogP contribution in [0.3, 0.4) is 0 Å². The number of benzene rings is 1. The zero-order valence-corrected chi connectivity index (χ0v) is 13.0. The Hall–Kier alpha value is -2.63. The van der Waals surface area contributed by atoms with Crippen LogP contribution in [0.15, 0.2) is 41.2 Å². The number of nitrogens with one attached hydrogen (secondary N) is 1. The third-order valence-electron chi connectivity index (χ3n) is 3.89. The molecule has 1 amide bonds. The first-order valence-electron chi connectivity index (χ1n) is 7.74. The van der Waals surface area contributed by atoms with Crippen LogP contribution in [0, 0.1) is 0 Å². The fraction of sp³-hybridized carbons (Fsp3) is 0.353. The van der Waals surface area contributed by atoms with E-state index in [1.54, 1.807) is 12.1 Å². The lowest BCUT2D eigenvalue weighted by Gasteiger charge is -2.14. The standard InChI is InChI=1S/C17H19N3O3/c1-20-16(21)10-9-15(19-20)17(22)18-12-5-4-8-14(11-12)23-13-6-2-3-7-13/h4-5,8-11,13H,2-3,6-7H2,1H3,(H,18,22). The van der Waals surface area contributed by atoms with Crippen molar-refractivity contribution in [2.45, 2.75) is 31.8 Å². The predicted molar refractivity (Wildman–Crippen MR) is 86.8 cm³/mol. The molecule has 0 saturated heterocycles. The van der Waals surface area contributed by atoms with E-state index in [0.717, 1.165) is 23.3 Å². The molecule has 0 aliphatic heterocycles. The highest BCUT2D eigenvalue weighted by atomic mass is 16.5. The largest absolute Gasteiger partial charge is 0.490 e. The van der Waals surface area contributed by atoms with Crippen molar-refractivity contribution < 1.29 is 9.53 Å². The molecule has 0 atom stereocenters. The van der Waals surface area contributed by atoms with E-state index in [2.05, 4.69) is 10.4 Å². The lowest BCUT2D eigenvalue weighted by atomic mass is 10.2. The van der Waals surface area contributed by atoms with Crippen LogP contribution in [0.25, 0.3) is 0 Å². The number of aromatic nitrogens is 2. The van der Waals surface area contributed by atoms with Gasteiger partial charge in [-0.1, -0.05) is 6.07 Å². The minimum atomic E-state index is -0.362. The lowest BCUT2D eigenvalue weighted by molar-refractivity contribution is 0.102. The van der Waals surface area contributed by atoms with Crippen molar-refractivity contribution in [3.63, 3.8) is 0 Å². The van der Waals surface area contributed by atoms with Crippen molar-refractivity contribution in [3.05, 3.63) is 52.4 Å². The van der Waals surface area contributed by atoms with Crippen LogP contribution in [0.1, 0.15) is 36.2 Å². The number of rotatable bonds is 4. The van der Waals surface area contributed by atoms with E-state index in [1.807, 2.05) is 12.1 Å². The summed E-state index contributed by atoms with van der Waals surface area (Å²) in [5.41, 5.74) is 0.573. The summed E-state index contributed by atoms with van der Waals surface area (Å²) in [6.07, 6.45) is 4.85. The van der Waals surface area contributed by atoms with Gasteiger partial charge in [-0.05, 0) is 43.9 Å². The number of nitrogens with zero attached hydrogens (tertiary/aromatic N) is 2. The van der Waals surface area contributed by atoms with Gasteiger partial charge in [0.05, 0.1) is 6.10 Å². The third-order valence-corrected chi connectivity index (χ3v) is 3.89. The topological polar surface area (TPSA) is 73.2 Å². The third kappa shape index (κ3) is 3.77. The summed E-state index contributed by atoms with van der Waals surface area (Å²) in [6, 6.07) is 10.1. The van der Waals surface area contributed by atoms with Gasteiger partial charge in [0.25, 0.3) is 11.5 Å². The molecule has 1 saturated carbocycles. The SMILES string of the molecule is Cn1nc(C(=O)Nc2cccc(OC3CCCC3)c2)ccc1=O. The second-order valence-electron chi connectivity index (χ2n) is 5.69. The zero-order chi connectivity index (χ0) is 16.2. The minimum absolute atomic E-state index is 0.189. The lowest BCUT2D eigenvalue weighted by Crippen LogP contribution is -2.23. The first-order valence-corrected chi connectivity index (χ1v) is 7.74. The number of carbonyl (C=O) groups excluding carboxylic acids is 1. The van der Waals surface area contributed by atoms with Crippen LogP contribution >= 0.6 is 0 Å². The number of amides is 1. The Bertz CT molecular complexity index is 764. The first-order chi connectivity index (χ1) is 11.1. The predicted octanol–water partition coefficient (Wildman–Crippen LogP) is 2.35. The van der Waals surface area contributed by atoms with E-state index in [0.29, 0.717) is 5.69 Å². The minimum Gasteiger partial charge on any atom is -0.490 e. The summed E-state index contributed by atoms with van der Waals surface area (Å²) in [4.78, 5) is 23.5. The Morgan fingerprint density at radius 1 is 1.26 bits per heavy atom. The summed E-state index contributed by atoms with van der Waals surface area (Å²) in [7, 11) is 1.51. The van der Waals surface area contributed by atoms with E-state index in [4.69, 9.17) is 4.74 Å². The number of aryl methyl sites for hydroxylation is 1. The zero-order valence-electron chi connectivity index (χ0n) is 13.0. The maximum absolute atomic E-state index is 12.2. The molecule has 23 heavy (non-hydrogen) atoms. The van der Waals surface area contributed by atoms with Crippen molar-refractivity contribution in [3.8, 4) is 5.75 Å². The average molecular weight is 313 g/mol. The second kappa shape index (κ2) is 6.64. The monoisotopic (exact) mass is 313 g/mol.